The zero-order chi connectivity index (χ0) is 8.74. The molecule has 0 aliphatic carbocycles. The lowest BCUT2D eigenvalue weighted by atomic mass is 10.4. The van der Waals surface area contributed by atoms with E-state index >= 15 is 0 Å². The molecule has 4 heteroatoms. The van der Waals surface area contributed by atoms with Gasteiger partial charge in [-0.25, -0.2) is 0 Å². The molecule has 0 amide bonds. The van der Waals surface area contributed by atoms with Gasteiger partial charge in [-0.05, 0) is 12.8 Å². The molecule has 2 nitrogen and oxygen atoms in total. The highest BCUT2D eigenvalue weighted by Crippen LogP contribution is 2.49. The summed E-state index contributed by atoms with van der Waals surface area (Å²) in [5, 5.41) is 0. The van der Waals surface area contributed by atoms with Gasteiger partial charge in [0.2, 0.25) is 0 Å². The maximum Gasteiger partial charge on any atom is 0.367 e. The highest BCUT2D eigenvalue weighted by Gasteiger charge is 2.19. The van der Waals surface area contributed by atoms with Crippen LogP contribution in [0.4, 0.5) is 4.20 Å². The van der Waals surface area contributed by atoms with E-state index in [4.69, 9.17) is 0 Å². The predicted molar refractivity (Wildman–Crippen MR) is 44.7 cm³/mol. The summed E-state index contributed by atoms with van der Waals surface area (Å²) < 4.78 is 28.1. The van der Waals surface area contributed by atoms with Crippen LogP contribution in [0.15, 0.2) is 0 Å². The van der Waals surface area contributed by atoms with Crippen LogP contribution in [-0.4, -0.2) is 12.8 Å². The molecule has 0 aliphatic heterocycles. The Bertz CT molecular complexity index is 138. The minimum atomic E-state index is -3.72. The summed E-state index contributed by atoms with van der Waals surface area (Å²) >= 11 is 0. The lowest BCUT2D eigenvalue weighted by molar-refractivity contribution is 0.281. The van der Waals surface area contributed by atoms with Crippen molar-refractivity contribution in [3.63, 3.8) is 0 Å². The van der Waals surface area contributed by atoms with Crippen LogP contribution in [0.2, 0.25) is 0 Å². The van der Waals surface area contributed by atoms with Crippen LogP contribution in [-0.2, 0) is 9.09 Å². The maximum absolute atomic E-state index is 12.7. The molecule has 0 aromatic heterocycles. The zero-order valence-corrected chi connectivity index (χ0v) is 8.07. The third-order valence-electron chi connectivity index (χ3n) is 1.27. The van der Waals surface area contributed by atoms with Crippen molar-refractivity contribution in [1.29, 1.82) is 0 Å². The summed E-state index contributed by atoms with van der Waals surface area (Å²) in [5.41, 5.74) is 0. The second-order valence-corrected chi connectivity index (χ2v) is 4.39. The van der Waals surface area contributed by atoms with E-state index in [0.717, 1.165) is 12.8 Å². The van der Waals surface area contributed by atoms with E-state index in [0.29, 0.717) is 6.42 Å². The fraction of sp³-hybridized carbons (Fsp3) is 1.00. The fourth-order valence-electron chi connectivity index (χ4n) is 0.677. The molecule has 0 bridgehead atoms. The Morgan fingerprint density at radius 3 is 2.45 bits per heavy atom. The number of halogens is 1. The molecule has 0 spiro atoms. The summed E-state index contributed by atoms with van der Waals surface area (Å²) in [6.07, 6.45) is 2.33. The molecular weight excluding hydrogens is 166 g/mol. The topological polar surface area (TPSA) is 26.3 Å². The van der Waals surface area contributed by atoms with Gasteiger partial charge in [-0.3, -0.25) is 4.57 Å². The quantitative estimate of drug-likeness (QED) is 0.465. The van der Waals surface area contributed by atoms with Crippen LogP contribution in [0.5, 0.6) is 0 Å². The zero-order valence-electron chi connectivity index (χ0n) is 7.18. The van der Waals surface area contributed by atoms with Crippen molar-refractivity contribution in [2.24, 2.45) is 0 Å². The van der Waals surface area contributed by atoms with E-state index in [2.05, 4.69) is 4.52 Å². The number of hydrogen-bond donors (Lipinski definition) is 0. The average Bonchev–Trinajstić information content (AvgIpc) is 1.87. The van der Waals surface area contributed by atoms with Crippen LogP contribution in [0.1, 0.15) is 33.1 Å². The molecule has 0 aromatic rings. The Labute approximate surface area is 67.7 Å². The van der Waals surface area contributed by atoms with Gasteiger partial charge in [0, 0.05) is 0 Å². The molecular formula is C7H16FO2P. The van der Waals surface area contributed by atoms with Crippen molar-refractivity contribution in [3.05, 3.63) is 0 Å². The van der Waals surface area contributed by atoms with Gasteiger partial charge in [0.1, 0.15) is 0 Å². The summed E-state index contributed by atoms with van der Waals surface area (Å²) in [6, 6.07) is 0. The molecule has 1 unspecified atom stereocenters. The molecule has 0 fully saturated rings. The largest absolute Gasteiger partial charge is 0.367 e. The van der Waals surface area contributed by atoms with Crippen LogP contribution in [0.25, 0.3) is 0 Å². The molecule has 1 atom stereocenters. The van der Waals surface area contributed by atoms with Crippen LogP contribution in [0, 0.1) is 0 Å². The summed E-state index contributed by atoms with van der Waals surface area (Å²) in [6.45, 7) is 4.05. The van der Waals surface area contributed by atoms with Gasteiger partial charge in [0.25, 0.3) is 0 Å². The first-order valence-corrected chi connectivity index (χ1v) is 5.75. The SMILES string of the molecule is CCCCOP(=O)(F)CCC. The van der Waals surface area contributed by atoms with Crippen molar-refractivity contribution in [2.45, 2.75) is 33.1 Å². The smallest absolute Gasteiger partial charge is 0.306 e. The molecule has 0 saturated carbocycles. The molecule has 0 aliphatic rings. The average molecular weight is 182 g/mol. The van der Waals surface area contributed by atoms with E-state index in [9.17, 15) is 8.76 Å². The second kappa shape index (κ2) is 5.73. The van der Waals surface area contributed by atoms with Crippen LogP contribution >= 0.6 is 7.68 Å². The van der Waals surface area contributed by atoms with Gasteiger partial charge in [-0.15, -0.1) is 0 Å². The molecule has 0 radical (unpaired) electrons. The molecule has 68 valence electrons. The van der Waals surface area contributed by atoms with Gasteiger partial charge in [-0.2, -0.15) is 4.20 Å². The third kappa shape index (κ3) is 6.52. The standard InChI is InChI=1S/C7H16FO2P/c1-3-5-6-10-11(8,9)7-4-2/h3-7H2,1-2H3. The number of unbranched alkanes of at least 4 members (excludes halogenated alkanes) is 1. The van der Waals surface area contributed by atoms with Crippen molar-refractivity contribution in [2.75, 3.05) is 12.8 Å². The lowest BCUT2D eigenvalue weighted by Gasteiger charge is -2.07. The Morgan fingerprint density at radius 2 is 2.00 bits per heavy atom. The highest BCUT2D eigenvalue weighted by atomic mass is 31.2. The Morgan fingerprint density at radius 1 is 1.36 bits per heavy atom. The predicted octanol–water partition coefficient (Wildman–Crippen LogP) is 3.38. The van der Waals surface area contributed by atoms with Gasteiger partial charge in [0.05, 0.1) is 12.8 Å². The molecule has 0 saturated heterocycles. The van der Waals surface area contributed by atoms with E-state index < -0.39 is 7.68 Å². The van der Waals surface area contributed by atoms with Gasteiger partial charge >= 0.3 is 7.68 Å². The maximum atomic E-state index is 12.7. The lowest BCUT2D eigenvalue weighted by Crippen LogP contribution is -1.92. The fourth-order valence-corrected chi connectivity index (χ4v) is 1.74. The summed E-state index contributed by atoms with van der Waals surface area (Å²) in [5.74, 6) is 0. The van der Waals surface area contributed by atoms with E-state index in [-0.39, 0.29) is 12.8 Å². The van der Waals surface area contributed by atoms with Crippen LogP contribution in [0.3, 0.4) is 0 Å². The first-order valence-electron chi connectivity index (χ1n) is 4.05. The first-order chi connectivity index (χ1) is 5.12. The molecule has 0 heterocycles. The minimum Gasteiger partial charge on any atom is -0.306 e. The summed E-state index contributed by atoms with van der Waals surface area (Å²) in [7, 11) is -3.72. The first kappa shape index (κ1) is 11.1. The van der Waals surface area contributed by atoms with Gasteiger partial charge in [-0.1, -0.05) is 20.3 Å². The normalized spacial score (nSPS) is 16.3. The third-order valence-corrected chi connectivity index (χ3v) is 2.82. The summed E-state index contributed by atoms with van der Waals surface area (Å²) in [4.78, 5) is 0. The minimum absolute atomic E-state index is 0.0523. The number of hydrogen-bond acceptors (Lipinski definition) is 2. The van der Waals surface area contributed by atoms with E-state index in [1.54, 1.807) is 6.92 Å². The van der Waals surface area contributed by atoms with E-state index in [1.165, 1.54) is 0 Å². The van der Waals surface area contributed by atoms with Gasteiger partial charge < -0.3 is 4.52 Å². The van der Waals surface area contributed by atoms with Crippen molar-refractivity contribution in [3.8, 4) is 0 Å². The Hall–Kier alpha value is 0.120. The highest BCUT2D eigenvalue weighted by molar-refractivity contribution is 7.53. The second-order valence-electron chi connectivity index (χ2n) is 2.50. The Kier molecular flexibility index (Phi) is 5.79. The molecule has 0 N–H and O–H groups in total. The molecule has 11 heavy (non-hydrogen) atoms. The van der Waals surface area contributed by atoms with Crippen molar-refractivity contribution >= 4 is 7.68 Å². The molecule has 0 rings (SSSR count). The van der Waals surface area contributed by atoms with E-state index in [1.807, 2.05) is 6.92 Å². The van der Waals surface area contributed by atoms with Crippen molar-refractivity contribution < 1.29 is 13.3 Å². The van der Waals surface area contributed by atoms with Gasteiger partial charge in [0.15, 0.2) is 0 Å². The van der Waals surface area contributed by atoms with Crippen LogP contribution < -0.4 is 0 Å². The monoisotopic (exact) mass is 182 g/mol. The number of rotatable bonds is 6. The van der Waals surface area contributed by atoms with Crippen molar-refractivity contribution in [1.82, 2.24) is 0 Å². The Balaban J connectivity index is 3.47. The molecule has 0 aromatic carbocycles.